The van der Waals surface area contributed by atoms with Crippen LogP contribution in [0.15, 0.2) is 65.3 Å². The van der Waals surface area contributed by atoms with Crippen LogP contribution in [0.3, 0.4) is 0 Å². The molecule has 2 aromatic carbocycles. The quantitative estimate of drug-likeness (QED) is 0.463. The zero-order valence-electron chi connectivity index (χ0n) is 18.4. The highest BCUT2D eigenvalue weighted by atomic mass is 16.5. The summed E-state index contributed by atoms with van der Waals surface area (Å²) in [6, 6.07) is 17.3. The van der Waals surface area contributed by atoms with E-state index in [0.29, 0.717) is 41.3 Å². The van der Waals surface area contributed by atoms with Gasteiger partial charge in [0.2, 0.25) is 0 Å². The number of aryl methyl sites for hydroxylation is 1. The third-order valence-corrected chi connectivity index (χ3v) is 5.85. The van der Waals surface area contributed by atoms with Gasteiger partial charge in [-0.2, -0.15) is 0 Å². The van der Waals surface area contributed by atoms with Crippen molar-refractivity contribution in [3.05, 3.63) is 83.4 Å². The molecule has 1 N–H and O–H groups in total. The van der Waals surface area contributed by atoms with Gasteiger partial charge in [0.15, 0.2) is 0 Å². The molecule has 0 atom stereocenters. The Morgan fingerprint density at radius 1 is 1.12 bits per heavy atom. The van der Waals surface area contributed by atoms with Crippen molar-refractivity contribution >= 4 is 28.4 Å². The molecule has 1 amide bonds. The first-order valence-corrected chi connectivity index (χ1v) is 10.9. The lowest BCUT2D eigenvalue weighted by molar-refractivity contribution is -0.136. The van der Waals surface area contributed by atoms with Crippen LogP contribution in [0.5, 0.6) is 0 Å². The van der Waals surface area contributed by atoms with Crippen molar-refractivity contribution < 1.29 is 18.8 Å². The number of hydrogen-bond acceptors (Lipinski definition) is 5. The Morgan fingerprint density at radius 3 is 2.67 bits per heavy atom. The molecule has 0 unspecified atom stereocenters. The number of nitrogens with one attached hydrogen (secondary N) is 1. The van der Waals surface area contributed by atoms with Gasteiger partial charge in [-0.05, 0) is 31.9 Å². The number of carbonyl (C=O) groups excluding carboxylic acids is 2. The number of carbonyl (C=O) groups is 2. The summed E-state index contributed by atoms with van der Waals surface area (Å²) in [5.74, 6) is -0.322. The van der Waals surface area contributed by atoms with Crippen LogP contribution in [-0.4, -0.2) is 40.1 Å². The first kappa shape index (κ1) is 20.8. The lowest BCUT2D eigenvalue weighted by Crippen LogP contribution is -2.28. The highest BCUT2D eigenvalue weighted by Crippen LogP contribution is 2.33. The minimum absolute atomic E-state index is 0.239. The summed E-state index contributed by atoms with van der Waals surface area (Å²) in [6.07, 6.45) is 2.16. The number of H-pyrrole nitrogens is 1. The second-order valence-electron chi connectivity index (χ2n) is 7.86. The number of amides is 1. The van der Waals surface area contributed by atoms with E-state index in [9.17, 15) is 9.59 Å². The lowest BCUT2D eigenvalue weighted by Gasteiger charge is -2.18. The number of benzene rings is 2. The molecule has 5 rings (SSSR count). The van der Waals surface area contributed by atoms with Crippen molar-refractivity contribution in [2.75, 3.05) is 13.2 Å². The van der Waals surface area contributed by atoms with Crippen LogP contribution in [-0.2, 0) is 16.0 Å². The Kier molecular flexibility index (Phi) is 5.30. The molecule has 166 valence electrons. The Morgan fingerprint density at radius 2 is 1.88 bits per heavy atom. The molecule has 0 saturated carbocycles. The molecule has 0 spiro atoms. The molecular weight excluding hydrogens is 418 g/mol. The highest BCUT2D eigenvalue weighted by molar-refractivity contribution is 6.18. The molecule has 0 bridgehead atoms. The fourth-order valence-electron chi connectivity index (χ4n) is 4.29. The van der Waals surface area contributed by atoms with Crippen molar-refractivity contribution in [2.24, 2.45) is 0 Å². The molecule has 7 heteroatoms. The van der Waals surface area contributed by atoms with Crippen molar-refractivity contribution in [3.63, 3.8) is 0 Å². The predicted octanol–water partition coefficient (Wildman–Crippen LogP) is 4.73. The number of para-hydroxylation sites is 1. The zero-order chi connectivity index (χ0) is 22.9. The maximum absolute atomic E-state index is 13.7. The second kappa shape index (κ2) is 8.43. The van der Waals surface area contributed by atoms with Crippen molar-refractivity contribution in [2.45, 2.75) is 20.3 Å². The molecule has 7 nitrogen and oxygen atoms in total. The number of fused-ring (bicyclic) bond motifs is 3. The Bertz CT molecular complexity index is 1380. The molecule has 0 saturated heterocycles. The summed E-state index contributed by atoms with van der Waals surface area (Å²) in [7, 11) is 0. The number of hydrogen-bond donors (Lipinski definition) is 1. The van der Waals surface area contributed by atoms with Gasteiger partial charge in [-0.15, -0.1) is 0 Å². The van der Waals surface area contributed by atoms with Gasteiger partial charge in [-0.25, -0.2) is 4.79 Å². The molecule has 0 aliphatic carbocycles. The molecule has 4 aromatic rings. The fraction of sp³-hybridized carbons (Fsp3) is 0.192. The third-order valence-electron chi connectivity index (χ3n) is 5.85. The summed E-state index contributed by atoms with van der Waals surface area (Å²) < 4.78 is 10.7. The summed E-state index contributed by atoms with van der Waals surface area (Å²) >= 11 is 0. The van der Waals surface area contributed by atoms with Crippen molar-refractivity contribution in [1.82, 2.24) is 15.0 Å². The Hall–Kier alpha value is -4.13. The van der Waals surface area contributed by atoms with E-state index in [1.165, 1.54) is 0 Å². The van der Waals surface area contributed by atoms with Gasteiger partial charge in [0.05, 0.1) is 17.9 Å². The molecule has 2 aromatic heterocycles. The molecule has 0 fully saturated rings. The number of aromatic amines is 1. The average Bonchev–Trinajstić information content (AvgIpc) is 3.34. The Labute approximate surface area is 190 Å². The zero-order valence-corrected chi connectivity index (χ0v) is 18.4. The Balaban J connectivity index is 1.60. The summed E-state index contributed by atoms with van der Waals surface area (Å²) in [4.78, 5) is 31.5. The maximum Gasteiger partial charge on any atom is 0.341 e. The number of ether oxygens (including phenoxy) is 1. The average molecular weight is 441 g/mol. The minimum Gasteiger partial charge on any atom is -0.462 e. The molecule has 0 radical (unpaired) electrons. The van der Waals surface area contributed by atoms with Crippen LogP contribution >= 0.6 is 0 Å². The van der Waals surface area contributed by atoms with Gasteiger partial charge in [-0.3, -0.25) is 4.79 Å². The van der Waals surface area contributed by atoms with Crippen LogP contribution in [0, 0.1) is 6.92 Å². The molecular formula is C26H23N3O4. The summed E-state index contributed by atoms with van der Waals surface area (Å²) in [5, 5.41) is 5.17. The number of aromatic nitrogens is 2. The summed E-state index contributed by atoms with van der Waals surface area (Å²) in [5.41, 5.74) is 4.61. The first-order valence-electron chi connectivity index (χ1n) is 10.9. The second-order valence-corrected chi connectivity index (χ2v) is 7.86. The van der Waals surface area contributed by atoms with Crippen LogP contribution in [0.25, 0.3) is 27.7 Å². The van der Waals surface area contributed by atoms with Gasteiger partial charge in [0.25, 0.3) is 5.91 Å². The van der Waals surface area contributed by atoms with E-state index in [-0.39, 0.29) is 12.5 Å². The van der Waals surface area contributed by atoms with Gasteiger partial charge in [0.1, 0.15) is 17.0 Å². The van der Waals surface area contributed by atoms with Crippen LogP contribution in [0.1, 0.15) is 34.3 Å². The normalized spacial score (nSPS) is 13.4. The van der Waals surface area contributed by atoms with Crippen LogP contribution in [0.2, 0.25) is 0 Å². The monoisotopic (exact) mass is 441 g/mol. The van der Waals surface area contributed by atoms with Gasteiger partial charge >= 0.3 is 5.97 Å². The van der Waals surface area contributed by atoms with E-state index in [0.717, 1.165) is 22.0 Å². The third kappa shape index (κ3) is 3.61. The molecule has 33 heavy (non-hydrogen) atoms. The summed E-state index contributed by atoms with van der Waals surface area (Å²) in [6.45, 7) is 4.12. The van der Waals surface area contributed by atoms with Crippen molar-refractivity contribution in [3.8, 4) is 11.3 Å². The van der Waals surface area contributed by atoms with E-state index in [1.54, 1.807) is 24.9 Å². The fourth-order valence-corrected chi connectivity index (χ4v) is 4.29. The minimum atomic E-state index is -0.477. The highest BCUT2D eigenvalue weighted by Gasteiger charge is 2.30. The molecule has 1 aliphatic heterocycles. The van der Waals surface area contributed by atoms with E-state index in [2.05, 4.69) is 10.1 Å². The van der Waals surface area contributed by atoms with Crippen molar-refractivity contribution in [1.29, 1.82) is 0 Å². The number of esters is 1. The maximum atomic E-state index is 13.7. The SMILES string of the molecule is CCOC(=O)C1=CN(C(=O)c2c(-c3ccccc3)noc2C)CCc2c1[nH]c1ccccc21. The number of nitrogens with zero attached hydrogens (tertiary/aromatic N) is 2. The van der Waals surface area contributed by atoms with E-state index in [1.807, 2.05) is 54.6 Å². The van der Waals surface area contributed by atoms with Crippen LogP contribution in [0.4, 0.5) is 0 Å². The number of rotatable bonds is 4. The van der Waals surface area contributed by atoms with Crippen LogP contribution < -0.4 is 0 Å². The van der Waals surface area contributed by atoms with Gasteiger partial charge in [-0.1, -0.05) is 53.7 Å². The van der Waals surface area contributed by atoms with E-state index in [4.69, 9.17) is 9.26 Å². The van der Waals surface area contributed by atoms with E-state index >= 15 is 0 Å². The lowest BCUT2D eigenvalue weighted by atomic mass is 10.0. The predicted molar refractivity (Wildman–Crippen MR) is 124 cm³/mol. The smallest absolute Gasteiger partial charge is 0.341 e. The molecule has 1 aliphatic rings. The standard InChI is InChI=1S/C26H23N3O4/c1-3-32-26(31)20-15-29(14-13-19-18-11-7-8-12-21(18)27-24(19)20)25(30)22-16(2)33-28-23(22)17-9-5-4-6-10-17/h4-12,15,27H,3,13-14H2,1-2H3. The van der Waals surface area contributed by atoms with Gasteiger partial charge < -0.3 is 19.1 Å². The largest absolute Gasteiger partial charge is 0.462 e. The van der Waals surface area contributed by atoms with E-state index < -0.39 is 5.97 Å². The first-order chi connectivity index (χ1) is 16.1. The van der Waals surface area contributed by atoms with Gasteiger partial charge in [0, 0.05) is 29.2 Å². The molecule has 3 heterocycles. The topological polar surface area (TPSA) is 88.4 Å².